The summed E-state index contributed by atoms with van der Waals surface area (Å²) < 4.78 is 0. The lowest BCUT2D eigenvalue weighted by Crippen LogP contribution is -2.62. The highest BCUT2D eigenvalue weighted by atomic mass is 16.4. The van der Waals surface area contributed by atoms with Gasteiger partial charge in [-0.25, -0.2) is 4.79 Å². The second kappa shape index (κ2) is 57.4. The van der Waals surface area contributed by atoms with Gasteiger partial charge >= 0.3 is 29.8 Å². The van der Waals surface area contributed by atoms with Gasteiger partial charge in [-0.1, -0.05) is 69.2 Å². The fourth-order valence-corrected chi connectivity index (χ4v) is 11.9. The Hall–Kier alpha value is -13.0. The number of aliphatic hydroxyl groups excluding tert-OH is 1. The molecule has 0 aromatic rings. The number of carbonyl (C=O) groups excluding carboxylic acids is 18. The maximum absolute atomic E-state index is 14.5. The smallest absolute Gasteiger partial charge is 0.326 e. The maximum Gasteiger partial charge on any atom is 0.326 e. The number of rotatable bonds is 64. The first-order valence-electron chi connectivity index (χ1n) is 40.4. The van der Waals surface area contributed by atoms with E-state index in [0.29, 0.717) is 0 Å². The third kappa shape index (κ3) is 46.5. The molecule has 0 radical (unpaired) electrons. The van der Waals surface area contributed by atoms with Crippen LogP contribution in [0.25, 0.3) is 0 Å². The predicted molar refractivity (Wildman–Crippen MR) is 439 cm³/mol. The van der Waals surface area contributed by atoms with Gasteiger partial charge in [0.25, 0.3) is 0 Å². The molecule has 0 saturated carbocycles. The molecule has 18 amide bonds. The van der Waals surface area contributed by atoms with Gasteiger partial charge in [0.2, 0.25) is 106 Å². The van der Waals surface area contributed by atoms with Crippen LogP contribution in [-0.4, -0.2) is 277 Å². The standard InChI is InChI=1S/C75H126N22O29/c1-32(2)26-37(76)60(111)84-39(13-19-50(77)99)61(112)88-44(18-24-56(107)108)65(116)92-47(30-57(109)110)70(121)91-45(27-33(3)4)68(119)89-43(17-23-55(105)106)64(115)85-40(14-20-51(78)100)62(113)87-42(16-22-54(103)104)63(114)86-41(15-21-52(79)101)67(118)97-58(35(7)8)72(123)90-38(12-11-25-83-75(81)82)66(117)96-59(36(9)10)73(124)93-46(29-53(80)102)69(120)95-49(31-98)71(122)94-48(74(125)126)28-34(5)6/h32-49,58-59,98H,11-31,76H2,1-10H3,(H2,77,99)(H2,78,100)(H2,79,101)(H2,80,102)(H,84,111)(H,85,115)(H,86,114)(H,87,113)(H,88,112)(H,89,119)(H,90,123)(H,91,121)(H,92,116)(H,93,124)(H,94,122)(H,95,120)(H,96,117)(H,97,118)(H,103,104)(H,105,106)(H,107,108)(H,109,110)(H,125,126)(H4,81,82,83)/t37-,38-,39-,40-,41-,42-,43-,44-,45-,46-,47-,48-,49-,58-,59-/m0/s1. The molecule has 126 heavy (non-hydrogen) atoms. The maximum atomic E-state index is 14.5. The Morgan fingerprint density at radius 1 is 0.278 bits per heavy atom. The molecule has 0 aliphatic heterocycles. The van der Waals surface area contributed by atoms with Crippen molar-refractivity contribution in [2.75, 3.05) is 13.2 Å². The van der Waals surface area contributed by atoms with Gasteiger partial charge in [0, 0.05) is 45.1 Å². The second-order valence-electron chi connectivity index (χ2n) is 31.8. The SMILES string of the molecule is CC(C)C[C@H](NC(=O)[C@H](CO)NC(=O)[C@H](CC(N)=O)NC(=O)[C@@H](NC(=O)[C@H](CCCNC(=N)N)NC(=O)[C@@H](NC(=O)[C@H](CCC(N)=O)NC(=O)[C@H](CCC(=O)O)NC(=O)[C@H](CCC(N)=O)NC(=O)[C@H](CCC(=O)O)NC(=O)[C@H](CC(C)C)NC(=O)[C@H](CC(=O)O)NC(=O)[C@H](CCC(=O)O)NC(=O)[C@H](CCC(N)=O)NC(=O)[C@@H](N)CC(C)C)C(C)C)C(C)C)C(=O)O. The van der Waals surface area contributed by atoms with E-state index in [1.54, 1.807) is 27.7 Å². The third-order valence-electron chi connectivity index (χ3n) is 18.5. The Morgan fingerprint density at radius 3 is 0.833 bits per heavy atom. The van der Waals surface area contributed by atoms with Gasteiger partial charge in [-0.2, -0.15) is 0 Å². The average Bonchev–Trinajstić information content (AvgIpc) is 0.847. The Balaban J connectivity index is 7.53. The van der Waals surface area contributed by atoms with Gasteiger partial charge in [0.1, 0.15) is 84.6 Å². The highest BCUT2D eigenvalue weighted by Gasteiger charge is 2.41. The predicted octanol–water partition coefficient (Wildman–Crippen LogP) is -9.37. The molecule has 710 valence electrons. The van der Waals surface area contributed by atoms with Crippen LogP contribution in [0, 0.1) is 35.0 Å². The van der Waals surface area contributed by atoms with Crippen LogP contribution < -0.4 is 114 Å². The highest BCUT2D eigenvalue weighted by molar-refractivity contribution is 6.02. The number of aliphatic carboxylic acids is 5. The minimum atomic E-state index is -2.18. The first-order chi connectivity index (χ1) is 58.5. The molecule has 15 atom stereocenters. The van der Waals surface area contributed by atoms with Crippen LogP contribution in [-0.2, 0) is 110 Å². The molecule has 0 fully saturated rings. The van der Waals surface area contributed by atoms with Crippen LogP contribution in [0.15, 0.2) is 0 Å². The van der Waals surface area contributed by atoms with E-state index in [1.807, 2.05) is 0 Å². The number of guanidine groups is 1. The van der Waals surface area contributed by atoms with Gasteiger partial charge in [-0.15, -0.1) is 0 Å². The van der Waals surface area contributed by atoms with Crippen molar-refractivity contribution in [3.8, 4) is 0 Å². The number of carboxylic acids is 5. The molecule has 0 aliphatic rings. The first kappa shape index (κ1) is 113. The number of primary amides is 4. The lowest BCUT2D eigenvalue weighted by Gasteiger charge is -2.30. The lowest BCUT2D eigenvalue weighted by atomic mass is 9.99. The molecule has 0 bridgehead atoms. The summed E-state index contributed by atoms with van der Waals surface area (Å²) in [7, 11) is 0. The molecular formula is C75H126N22O29. The molecule has 51 heteroatoms. The normalized spacial score (nSPS) is 14.7. The monoisotopic (exact) mass is 1800 g/mol. The Labute approximate surface area is 724 Å². The molecular weight excluding hydrogens is 1670 g/mol. The summed E-state index contributed by atoms with van der Waals surface area (Å²) in [6.45, 7) is 14.3. The molecule has 0 heterocycles. The summed E-state index contributed by atoms with van der Waals surface area (Å²) in [5.41, 5.74) is 33.0. The summed E-state index contributed by atoms with van der Waals surface area (Å²) in [5.74, 6) is -33.0. The zero-order valence-corrected chi connectivity index (χ0v) is 71.9. The molecule has 0 unspecified atom stereocenters. The minimum absolute atomic E-state index is 0.0596. The van der Waals surface area contributed by atoms with E-state index >= 15 is 0 Å². The molecule has 0 spiro atoms. The Bertz CT molecular complexity index is 3860. The fraction of sp³-hybridized carbons (Fsp3) is 0.680. The van der Waals surface area contributed by atoms with Crippen LogP contribution in [0.4, 0.5) is 0 Å². The van der Waals surface area contributed by atoms with Crippen molar-refractivity contribution in [3.05, 3.63) is 0 Å². The van der Waals surface area contributed by atoms with Crippen LogP contribution in [0.3, 0.4) is 0 Å². The van der Waals surface area contributed by atoms with Crippen LogP contribution in [0.5, 0.6) is 0 Å². The lowest BCUT2D eigenvalue weighted by molar-refractivity contribution is -0.143. The van der Waals surface area contributed by atoms with Gasteiger partial charge in [-0.3, -0.25) is 111 Å². The van der Waals surface area contributed by atoms with E-state index in [9.17, 15) is 141 Å². The van der Waals surface area contributed by atoms with E-state index < -0.39 is 347 Å². The summed E-state index contributed by atoms with van der Waals surface area (Å²) in [4.78, 5) is 306. The average molecular weight is 1800 g/mol. The first-order valence-corrected chi connectivity index (χ1v) is 40.4. The largest absolute Gasteiger partial charge is 0.481 e. The van der Waals surface area contributed by atoms with E-state index in [-0.39, 0.29) is 50.5 Å². The zero-order valence-electron chi connectivity index (χ0n) is 71.9. The summed E-state index contributed by atoms with van der Waals surface area (Å²) in [5, 5.41) is 101. The van der Waals surface area contributed by atoms with Crippen molar-refractivity contribution in [1.29, 1.82) is 5.41 Å². The highest BCUT2D eigenvalue weighted by Crippen LogP contribution is 2.16. The van der Waals surface area contributed by atoms with Crippen molar-refractivity contribution >= 4 is 142 Å². The van der Waals surface area contributed by atoms with Gasteiger partial charge in [-0.05, 0) is 100 Å². The second-order valence-corrected chi connectivity index (χ2v) is 31.8. The fourth-order valence-electron chi connectivity index (χ4n) is 11.9. The molecule has 0 aromatic carbocycles. The minimum Gasteiger partial charge on any atom is -0.481 e. The summed E-state index contributed by atoms with van der Waals surface area (Å²) >= 11 is 0. The van der Waals surface area contributed by atoms with Crippen molar-refractivity contribution in [1.82, 2.24) is 79.8 Å². The van der Waals surface area contributed by atoms with E-state index in [0.717, 1.165) is 0 Å². The van der Waals surface area contributed by atoms with E-state index in [1.165, 1.54) is 41.5 Å². The summed E-state index contributed by atoms with van der Waals surface area (Å²) in [6.07, 6.45) is -12.0. The summed E-state index contributed by atoms with van der Waals surface area (Å²) in [6, 6.07) is -27.1. The van der Waals surface area contributed by atoms with Crippen molar-refractivity contribution < 1.29 is 141 Å². The number of hydrogen-bond acceptors (Lipinski definition) is 26. The third-order valence-corrected chi connectivity index (χ3v) is 18.5. The van der Waals surface area contributed by atoms with Crippen LogP contribution in [0.2, 0.25) is 0 Å². The molecule has 34 N–H and O–H groups in total. The quantitative estimate of drug-likeness (QED) is 0.0153. The number of aliphatic hydroxyl groups is 1. The Morgan fingerprint density at radius 2 is 0.532 bits per heavy atom. The van der Waals surface area contributed by atoms with Crippen molar-refractivity contribution in [2.45, 2.75) is 282 Å². The van der Waals surface area contributed by atoms with Gasteiger partial charge < -0.3 is 145 Å². The number of carbonyl (C=O) groups is 23. The molecule has 0 aliphatic carbocycles. The Kier molecular flexibility index (Phi) is 51.5. The number of carboxylic acid groups (broad SMARTS) is 5. The molecule has 0 rings (SSSR count). The van der Waals surface area contributed by atoms with Gasteiger partial charge in [0.15, 0.2) is 5.96 Å². The van der Waals surface area contributed by atoms with Crippen LogP contribution in [0.1, 0.15) is 191 Å². The van der Waals surface area contributed by atoms with Crippen molar-refractivity contribution in [3.63, 3.8) is 0 Å². The van der Waals surface area contributed by atoms with Gasteiger partial charge in [0.05, 0.1) is 25.5 Å². The van der Waals surface area contributed by atoms with E-state index in [2.05, 4.69) is 79.8 Å². The number of amides is 18. The number of nitrogens with two attached hydrogens (primary N) is 6. The topological polar surface area (TPSA) is 874 Å². The molecule has 0 saturated heterocycles. The van der Waals surface area contributed by atoms with E-state index in [4.69, 9.17) is 39.8 Å². The van der Waals surface area contributed by atoms with Crippen molar-refractivity contribution in [2.24, 2.45) is 64.0 Å². The zero-order chi connectivity index (χ0) is 96.9. The molecule has 0 aromatic heterocycles. The number of nitrogens with one attached hydrogen (secondary N) is 16. The molecule has 51 nitrogen and oxygen atoms in total. The number of hydrogen-bond donors (Lipinski definition) is 28. The van der Waals surface area contributed by atoms with Crippen LogP contribution >= 0.6 is 0 Å².